The minimum absolute atomic E-state index is 0. The maximum Gasteiger partial charge on any atom is 0.239 e. The van der Waals surface area contributed by atoms with Gasteiger partial charge in [-0.25, -0.2) is 0 Å². The van der Waals surface area contributed by atoms with Gasteiger partial charge < -0.3 is 20.7 Å². The number of aliphatic imine (C=N–C) groups is 1. The van der Waals surface area contributed by atoms with E-state index in [0.29, 0.717) is 12.5 Å². The SMILES string of the molecule is COc1cccc(NC(N)=NCCCN2CCCC2C(=O)N(C)C)c1.I. The van der Waals surface area contributed by atoms with Crippen LogP contribution >= 0.6 is 24.0 Å². The lowest BCUT2D eigenvalue weighted by atomic mass is 10.2. The number of ether oxygens (including phenoxy) is 1. The Kier molecular flexibility index (Phi) is 9.71. The van der Waals surface area contributed by atoms with E-state index in [-0.39, 0.29) is 35.9 Å². The van der Waals surface area contributed by atoms with Gasteiger partial charge in [-0.3, -0.25) is 14.7 Å². The van der Waals surface area contributed by atoms with Gasteiger partial charge in [0.15, 0.2) is 5.96 Å². The average Bonchev–Trinajstić information content (AvgIpc) is 3.06. The molecular formula is C18H30IN5O2. The maximum absolute atomic E-state index is 12.2. The van der Waals surface area contributed by atoms with E-state index in [1.165, 1.54) is 0 Å². The monoisotopic (exact) mass is 475 g/mol. The van der Waals surface area contributed by atoms with Crippen LogP contribution in [0.1, 0.15) is 19.3 Å². The highest BCUT2D eigenvalue weighted by molar-refractivity contribution is 14.0. The van der Waals surface area contributed by atoms with Crippen LogP contribution in [0.4, 0.5) is 5.69 Å². The first-order valence-corrected chi connectivity index (χ1v) is 8.67. The molecule has 1 aromatic carbocycles. The molecule has 0 aliphatic carbocycles. The fourth-order valence-electron chi connectivity index (χ4n) is 3.03. The summed E-state index contributed by atoms with van der Waals surface area (Å²) < 4.78 is 5.18. The van der Waals surface area contributed by atoms with Gasteiger partial charge in [-0.15, -0.1) is 24.0 Å². The fraction of sp³-hybridized carbons (Fsp3) is 0.556. The Hall–Kier alpha value is -1.55. The van der Waals surface area contributed by atoms with E-state index in [2.05, 4.69) is 15.2 Å². The summed E-state index contributed by atoms with van der Waals surface area (Å²) in [5.41, 5.74) is 6.77. The van der Waals surface area contributed by atoms with Gasteiger partial charge in [0.05, 0.1) is 13.2 Å². The van der Waals surface area contributed by atoms with Gasteiger partial charge in [-0.05, 0) is 37.9 Å². The second-order valence-electron chi connectivity index (χ2n) is 6.40. The summed E-state index contributed by atoms with van der Waals surface area (Å²) in [7, 11) is 5.26. The number of hydrogen-bond acceptors (Lipinski definition) is 4. The molecule has 0 aromatic heterocycles. The van der Waals surface area contributed by atoms with Crippen molar-refractivity contribution in [2.75, 3.05) is 46.2 Å². The van der Waals surface area contributed by atoms with Crippen molar-refractivity contribution < 1.29 is 9.53 Å². The Morgan fingerprint density at radius 2 is 2.23 bits per heavy atom. The molecule has 0 bridgehead atoms. The highest BCUT2D eigenvalue weighted by atomic mass is 127. The minimum atomic E-state index is 0. The van der Waals surface area contributed by atoms with Crippen molar-refractivity contribution in [2.45, 2.75) is 25.3 Å². The first kappa shape index (κ1) is 22.5. The number of likely N-dealkylation sites (N-methyl/N-ethyl adjacent to an activating group) is 1. The smallest absolute Gasteiger partial charge is 0.239 e. The molecule has 1 heterocycles. The third-order valence-electron chi connectivity index (χ3n) is 4.32. The predicted molar refractivity (Wildman–Crippen MR) is 116 cm³/mol. The largest absolute Gasteiger partial charge is 0.497 e. The Labute approximate surface area is 173 Å². The zero-order chi connectivity index (χ0) is 18.2. The third-order valence-corrected chi connectivity index (χ3v) is 4.32. The van der Waals surface area contributed by atoms with Gasteiger partial charge >= 0.3 is 0 Å². The van der Waals surface area contributed by atoms with Crippen molar-refractivity contribution in [1.82, 2.24) is 9.80 Å². The number of nitrogens with one attached hydrogen (secondary N) is 1. The zero-order valence-corrected chi connectivity index (χ0v) is 18.1. The number of likely N-dealkylation sites (tertiary alicyclic amines) is 1. The maximum atomic E-state index is 12.2. The number of amides is 1. The van der Waals surface area contributed by atoms with E-state index in [4.69, 9.17) is 10.5 Å². The molecule has 0 saturated carbocycles. The van der Waals surface area contributed by atoms with E-state index in [1.807, 2.05) is 38.4 Å². The van der Waals surface area contributed by atoms with Crippen LogP contribution in [0.3, 0.4) is 0 Å². The average molecular weight is 475 g/mol. The van der Waals surface area contributed by atoms with Crippen molar-refractivity contribution in [3.63, 3.8) is 0 Å². The molecule has 8 heteroatoms. The number of hydrogen-bond donors (Lipinski definition) is 2. The van der Waals surface area contributed by atoms with Gasteiger partial charge in [0.2, 0.25) is 5.91 Å². The molecule has 1 amide bonds. The Bertz CT molecular complexity index is 609. The number of carbonyl (C=O) groups excluding carboxylic acids is 1. The molecule has 1 atom stereocenters. The number of carbonyl (C=O) groups is 1. The summed E-state index contributed by atoms with van der Waals surface area (Å²) in [6, 6.07) is 7.56. The number of nitrogens with zero attached hydrogens (tertiary/aromatic N) is 3. The Morgan fingerprint density at radius 3 is 2.92 bits per heavy atom. The molecule has 1 fully saturated rings. The molecule has 7 nitrogen and oxygen atoms in total. The van der Waals surface area contributed by atoms with E-state index in [1.54, 1.807) is 12.0 Å². The lowest BCUT2D eigenvalue weighted by Crippen LogP contribution is -2.43. The zero-order valence-electron chi connectivity index (χ0n) is 15.8. The number of guanidine groups is 1. The third kappa shape index (κ3) is 6.64. The summed E-state index contributed by atoms with van der Waals surface area (Å²) in [6.45, 7) is 2.47. The molecule has 0 radical (unpaired) electrons. The lowest BCUT2D eigenvalue weighted by molar-refractivity contribution is -0.133. The van der Waals surface area contributed by atoms with Crippen LogP contribution in [0.2, 0.25) is 0 Å². The number of benzene rings is 1. The Morgan fingerprint density at radius 1 is 1.46 bits per heavy atom. The van der Waals surface area contributed by atoms with Gasteiger partial charge in [-0.2, -0.15) is 0 Å². The van der Waals surface area contributed by atoms with Crippen LogP contribution in [-0.4, -0.2) is 68.5 Å². The quantitative estimate of drug-likeness (QED) is 0.273. The van der Waals surface area contributed by atoms with Crippen molar-refractivity contribution in [3.8, 4) is 5.75 Å². The van der Waals surface area contributed by atoms with E-state index in [9.17, 15) is 4.79 Å². The van der Waals surface area contributed by atoms with Gasteiger partial charge in [-0.1, -0.05) is 6.07 Å². The summed E-state index contributed by atoms with van der Waals surface area (Å²) in [6.07, 6.45) is 2.89. The fourth-order valence-corrected chi connectivity index (χ4v) is 3.03. The van der Waals surface area contributed by atoms with Crippen LogP contribution in [0.15, 0.2) is 29.3 Å². The molecule has 1 aliphatic rings. The van der Waals surface area contributed by atoms with Gasteiger partial charge in [0.1, 0.15) is 5.75 Å². The number of rotatable bonds is 7. The van der Waals surface area contributed by atoms with Crippen LogP contribution in [0.5, 0.6) is 5.75 Å². The second-order valence-corrected chi connectivity index (χ2v) is 6.40. The summed E-state index contributed by atoms with van der Waals surface area (Å²) in [4.78, 5) is 20.5. The normalized spacial score (nSPS) is 17.5. The molecular weight excluding hydrogens is 445 g/mol. The second kappa shape index (κ2) is 11.2. The minimum Gasteiger partial charge on any atom is -0.497 e. The molecule has 1 unspecified atom stereocenters. The molecule has 2 rings (SSSR count). The first-order valence-electron chi connectivity index (χ1n) is 8.67. The van der Waals surface area contributed by atoms with E-state index in [0.717, 1.165) is 43.8 Å². The molecule has 0 spiro atoms. The highest BCUT2D eigenvalue weighted by Gasteiger charge is 2.30. The summed E-state index contributed by atoms with van der Waals surface area (Å²) in [5.74, 6) is 1.35. The van der Waals surface area contributed by atoms with E-state index < -0.39 is 0 Å². The summed E-state index contributed by atoms with van der Waals surface area (Å²) >= 11 is 0. The predicted octanol–water partition coefficient (Wildman–Crippen LogP) is 1.98. The number of anilines is 1. The Balaban J connectivity index is 0.00000338. The van der Waals surface area contributed by atoms with Crippen molar-refractivity contribution >= 4 is 41.5 Å². The number of methoxy groups -OCH3 is 1. The molecule has 1 aromatic rings. The molecule has 3 N–H and O–H groups in total. The summed E-state index contributed by atoms with van der Waals surface area (Å²) in [5, 5.41) is 3.06. The van der Waals surface area contributed by atoms with Gasteiger partial charge in [0, 0.05) is 38.9 Å². The van der Waals surface area contributed by atoms with Crippen LogP contribution in [0.25, 0.3) is 0 Å². The van der Waals surface area contributed by atoms with Crippen LogP contribution in [-0.2, 0) is 4.79 Å². The standard InChI is InChI=1S/C18H29N5O2.HI/c1-22(2)17(24)16-9-5-11-23(16)12-6-10-20-18(19)21-14-7-4-8-15(13-14)25-3;/h4,7-8,13,16H,5-6,9-12H2,1-3H3,(H3,19,20,21);1H. The number of halogens is 1. The topological polar surface area (TPSA) is 83.2 Å². The highest BCUT2D eigenvalue weighted by Crippen LogP contribution is 2.19. The number of nitrogens with two attached hydrogens (primary N) is 1. The van der Waals surface area contributed by atoms with Gasteiger partial charge in [0.25, 0.3) is 0 Å². The van der Waals surface area contributed by atoms with Crippen molar-refractivity contribution in [2.24, 2.45) is 10.7 Å². The molecule has 1 saturated heterocycles. The molecule has 1 aliphatic heterocycles. The molecule has 26 heavy (non-hydrogen) atoms. The van der Waals surface area contributed by atoms with Crippen molar-refractivity contribution in [1.29, 1.82) is 0 Å². The van der Waals surface area contributed by atoms with Crippen LogP contribution in [0, 0.1) is 0 Å². The first-order chi connectivity index (χ1) is 12.0. The van der Waals surface area contributed by atoms with E-state index >= 15 is 0 Å². The molecule has 146 valence electrons. The lowest BCUT2D eigenvalue weighted by Gasteiger charge is -2.25. The van der Waals surface area contributed by atoms with Crippen LogP contribution < -0.4 is 15.8 Å². The van der Waals surface area contributed by atoms with Crippen molar-refractivity contribution in [3.05, 3.63) is 24.3 Å².